The van der Waals surface area contributed by atoms with Gasteiger partial charge in [0.05, 0.1) is 24.2 Å². The van der Waals surface area contributed by atoms with Gasteiger partial charge >= 0.3 is 0 Å². The second-order valence-corrected chi connectivity index (χ2v) is 6.79. The number of likely N-dealkylation sites (tertiary alicyclic amines) is 1. The van der Waals surface area contributed by atoms with Gasteiger partial charge in [0.25, 0.3) is 5.91 Å². The number of aromatic amines is 1. The Morgan fingerprint density at radius 2 is 2.12 bits per heavy atom. The Morgan fingerprint density at radius 3 is 2.83 bits per heavy atom. The Morgan fingerprint density at radius 1 is 1.33 bits per heavy atom. The molecule has 24 heavy (non-hydrogen) atoms. The van der Waals surface area contributed by atoms with E-state index in [0.717, 1.165) is 43.6 Å². The Labute approximate surface area is 141 Å². The van der Waals surface area contributed by atoms with E-state index in [9.17, 15) is 4.79 Å². The van der Waals surface area contributed by atoms with Crippen LogP contribution in [0.3, 0.4) is 0 Å². The minimum atomic E-state index is -0.0372. The molecular formula is C17H23N5O2. The number of ether oxygens (including phenoxy) is 1. The summed E-state index contributed by atoms with van der Waals surface area (Å²) in [6.07, 6.45) is 8.37. The molecule has 0 aliphatic carbocycles. The third-order valence-electron chi connectivity index (χ3n) is 5.13. The third-order valence-corrected chi connectivity index (χ3v) is 5.13. The summed E-state index contributed by atoms with van der Waals surface area (Å²) in [7, 11) is 0. The number of imidazole rings is 1. The van der Waals surface area contributed by atoms with Gasteiger partial charge in [0, 0.05) is 43.5 Å². The molecule has 0 aromatic carbocycles. The van der Waals surface area contributed by atoms with Crippen molar-refractivity contribution in [3.63, 3.8) is 0 Å². The van der Waals surface area contributed by atoms with Gasteiger partial charge in [-0.05, 0) is 26.7 Å². The number of amides is 1. The predicted octanol–water partition coefficient (Wildman–Crippen LogP) is 2.11. The number of carbonyl (C=O) groups excluding carboxylic acids is 1. The summed E-state index contributed by atoms with van der Waals surface area (Å²) in [5.74, 6) is 0.0397. The van der Waals surface area contributed by atoms with E-state index in [2.05, 4.69) is 19.7 Å². The van der Waals surface area contributed by atoms with Gasteiger partial charge in [0.1, 0.15) is 0 Å². The topological polar surface area (TPSA) is 76.0 Å². The Bertz CT molecular complexity index is 715. The minimum Gasteiger partial charge on any atom is -0.369 e. The molecule has 2 aromatic rings. The minimum absolute atomic E-state index is 0.0372. The molecule has 1 N–H and O–H groups in total. The van der Waals surface area contributed by atoms with E-state index in [0.29, 0.717) is 11.7 Å². The van der Waals surface area contributed by atoms with Crippen molar-refractivity contribution >= 4 is 5.91 Å². The fraction of sp³-hybridized carbons (Fsp3) is 0.588. The average Bonchev–Trinajstić information content (AvgIpc) is 3.24. The Balaban J connectivity index is 1.48. The summed E-state index contributed by atoms with van der Waals surface area (Å²) >= 11 is 0. The number of nitrogens with zero attached hydrogens (tertiary/aromatic N) is 4. The molecule has 1 amide bonds. The molecule has 0 unspecified atom stereocenters. The van der Waals surface area contributed by atoms with Crippen molar-refractivity contribution in [3.05, 3.63) is 35.7 Å². The van der Waals surface area contributed by atoms with Crippen LogP contribution in [0.15, 0.2) is 18.7 Å². The number of nitrogens with one attached hydrogen (secondary N) is 1. The number of hydrogen-bond donors (Lipinski definition) is 1. The molecule has 0 spiro atoms. The number of fused-ring (bicyclic) bond motifs is 1. The molecule has 2 aliphatic heterocycles. The van der Waals surface area contributed by atoms with E-state index in [1.54, 1.807) is 6.20 Å². The molecule has 1 fully saturated rings. The molecule has 1 saturated heterocycles. The van der Waals surface area contributed by atoms with Gasteiger partial charge in [0.2, 0.25) is 0 Å². The van der Waals surface area contributed by atoms with Crippen molar-refractivity contribution in [3.8, 4) is 0 Å². The summed E-state index contributed by atoms with van der Waals surface area (Å²) < 4.78 is 7.94. The highest BCUT2D eigenvalue weighted by molar-refractivity contribution is 5.94. The first-order chi connectivity index (χ1) is 11.6. The fourth-order valence-electron chi connectivity index (χ4n) is 3.85. The van der Waals surface area contributed by atoms with Crippen LogP contribution in [0.1, 0.15) is 60.6 Å². The molecule has 4 rings (SSSR count). The highest BCUT2D eigenvalue weighted by Crippen LogP contribution is 2.31. The lowest BCUT2D eigenvalue weighted by Gasteiger charge is -2.32. The second-order valence-electron chi connectivity index (χ2n) is 6.79. The zero-order chi connectivity index (χ0) is 16.7. The van der Waals surface area contributed by atoms with E-state index in [1.807, 2.05) is 31.3 Å². The van der Waals surface area contributed by atoms with Crippen molar-refractivity contribution in [2.24, 2.45) is 0 Å². The molecule has 2 atom stereocenters. The van der Waals surface area contributed by atoms with Gasteiger partial charge in [-0.15, -0.1) is 0 Å². The molecule has 7 nitrogen and oxygen atoms in total. The van der Waals surface area contributed by atoms with Gasteiger partial charge in [-0.2, -0.15) is 5.10 Å². The molecule has 0 bridgehead atoms. The third kappa shape index (κ3) is 2.62. The van der Waals surface area contributed by atoms with Crippen LogP contribution in [-0.4, -0.2) is 49.7 Å². The maximum Gasteiger partial charge on any atom is 0.274 e. The van der Waals surface area contributed by atoms with Gasteiger partial charge < -0.3 is 14.2 Å². The van der Waals surface area contributed by atoms with Gasteiger partial charge in [-0.25, -0.2) is 4.98 Å². The molecule has 2 aliphatic rings. The summed E-state index contributed by atoms with van der Waals surface area (Å²) in [5.41, 5.74) is 2.56. The number of piperidine rings is 1. The SMILES string of the molecule is C[C@@H]1Cc2c(C(=O)N3CCC(n4ccnc4)CC3)n[nH]c2[C@H](C)O1. The number of carbonyl (C=O) groups is 1. The Hall–Kier alpha value is -2.15. The number of H-pyrrole nitrogens is 1. The van der Waals surface area contributed by atoms with Gasteiger partial charge in [0.15, 0.2) is 5.69 Å². The summed E-state index contributed by atoms with van der Waals surface area (Å²) in [6, 6.07) is 0.429. The highest BCUT2D eigenvalue weighted by Gasteiger charge is 2.32. The summed E-state index contributed by atoms with van der Waals surface area (Å²) in [5, 5.41) is 7.33. The fourth-order valence-corrected chi connectivity index (χ4v) is 3.85. The second kappa shape index (κ2) is 6.05. The summed E-state index contributed by atoms with van der Waals surface area (Å²) in [6.45, 7) is 5.55. The molecule has 0 radical (unpaired) electrons. The van der Waals surface area contributed by atoms with E-state index < -0.39 is 0 Å². The van der Waals surface area contributed by atoms with Crippen molar-refractivity contribution in [1.29, 1.82) is 0 Å². The lowest BCUT2D eigenvalue weighted by molar-refractivity contribution is -0.00703. The number of rotatable bonds is 2. The van der Waals surface area contributed by atoms with Crippen LogP contribution in [0.2, 0.25) is 0 Å². The first-order valence-corrected chi connectivity index (χ1v) is 8.62. The van der Waals surface area contributed by atoms with Crippen molar-refractivity contribution in [1.82, 2.24) is 24.6 Å². The normalized spacial score (nSPS) is 24.8. The quantitative estimate of drug-likeness (QED) is 0.915. The monoisotopic (exact) mass is 329 g/mol. The molecule has 128 valence electrons. The largest absolute Gasteiger partial charge is 0.369 e. The first-order valence-electron chi connectivity index (χ1n) is 8.62. The first kappa shape index (κ1) is 15.4. The zero-order valence-electron chi connectivity index (χ0n) is 14.1. The van der Waals surface area contributed by atoms with Crippen LogP contribution in [-0.2, 0) is 11.2 Å². The van der Waals surface area contributed by atoms with E-state index in [-0.39, 0.29) is 18.1 Å². The highest BCUT2D eigenvalue weighted by atomic mass is 16.5. The van der Waals surface area contributed by atoms with Crippen molar-refractivity contribution < 1.29 is 9.53 Å². The van der Waals surface area contributed by atoms with Crippen molar-refractivity contribution in [2.75, 3.05) is 13.1 Å². The van der Waals surface area contributed by atoms with Crippen LogP contribution < -0.4 is 0 Å². The van der Waals surface area contributed by atoms with Crippen LogP contribution >= 0.6 is 0 Å². The van der Waals surface area contributed by atoms with Crippen LogP contribution in [0.5, 0.6) is 0 Å². The predicted molar refractivity (Wildman–Crippen MR) is 87.7 cm³/mol. The summed E-state index contributed by atoms with van der Waals surface area (Å²) in [4.78, 5) is 19.0. The molecule has 7 heteroatoms. The van der Waals surface area contributed by atoms with Crippen LogP contribution in [0.4, 0.5) is 0 Å². The lowest BCUT2D eigenvalue weighted by Crippen LogP contribution is -2.39. The standard InChI is InChI=1S/C17H23N5O2/c1-11-9-14-15(12(2)24-11)19-20-16(14)17(23)21-6-3-13(4-7-21)22-8-5-18-10-22/h5,8,10-13H,3-4,6-7,9H2,1-2H3,(H,19,20)/t11-,12+/m1/s1. The maximum absolute atomic E-state index is 12.9. The maximum atomic E-state index is 12.9. The van der Waals surface area contributed by atoms with E-state index in [4.69, 9.17) is 4.74 Å². The van der Waals surface area contributed by atoms with Gasteiger partial charge in [-0.3, -0.25) is 9.89 Å². The van der Waals surface area contributed by atoms with Crippen LogP contribution in [0.25, 0.3) is 0 Å². The molecule has 0 saturated carbocycles. The Kier molecular flexibility index (Phi) is 3.88. The number of hydrogen-bond acceptors (Lipinski definition) is 4. The lowest BCUT2D eigenvalue weighted by atomic mass is 9.98. The molecular weight excluding hydrogens is 306 g/mol. The van der Waals surface area contributed by atoms with Gasteiger partial charge in [-0.1, -0.05) is 0 Å². The average molecular weight is 329 g/mol. The van der Waals surface area contributed by atoms with Crippen LogP contribution in [0, 0.1) is 0 Å². The molecule has 2 aromatic heterocycles. The van der Waals surface area contributed by atoms with Crippen molar-refractivity contribution in [2.45, 2.75) is 51.4 Å². The smallest absolute Gasteiger partial charge is 0.274 e. The van der Waals surface area contributed by atoms with E-state index >= 15 is 0 Å². The molecule has 4 heterocycles. The zero-order valence-corrected chi connectivity index (χ0v) is 14.1. The van der Waals surface area contributed by atoms with E-state index in [1.165, 1.54) is 0 Å². The number of aromatic nitrogens is 4.